The second-order valence-corrected chi connectivity index (χ2v) is 8.52. The highest BCUT2D eigenvalue weighted by Gasteiger charge is 2.40. The summed E-state index contributed by atoms with van der Waals surface area (Å²) in [5.41, 5.74) is -2.08. The number of halogens is 5. The van der Waals surface area contributed by atoms with E-state index in [1.807, 2.05) is 0 Å². The van der Waals surface area contributed by atoms with Gasteiger partial charge in [-0.25, -0.2) is 18.7 Å². The summed E-state index contributed by atoms with van der Waals surface area (Å²) in [6.45, 7) is 2.59. The van der Waals surface area contributed by atoms with Gasteiger partial charge in [0.2, 0.25) is 11.3 Å². The molecule has 1 fully saturated rings. The number of nitrogens with one attached hydrogen (secondary N) is 1. The average molecular weight is 525 g/mol. The first-order chi connectivity index (χ1) is 17.3. The van der Waals surface area contributed by atoms with E-state index in [-0.39, 0.29) is 23.4 Å². The molecule has 2 N–H and O–H groups in total. The van der Waals surface area contributed by atoms with Crippen LogP contribution in [0.4, 0.5) is 27.8 Å². The molecule has 3 aromatic heterocycles. The number of nitrogens with zero attached hydrogens (tertiary/aromatic N) is 4. The number of aliphatic hydroxyl groups is 1. The zero-order chi connectivity index (χ0) is 27.2. The minimum absolute atomic E-state index is 0.0168. The number of carbonyl (C=O) groups excluding carboxylic acids is 2. The fraction of sp³-hybridized carbons (Fsp3) is 0.348. The maximum atomic E-state index is 14.7. The number of fused-ring (bicyclic) bond motifs is 1. The summed E-state index contributed by atoms with van der Waals surface area (Å²) in [4.78, 5) is 47.4. The fourth-order valence-electron chi connectivity index (χ4n) is 3.95. The van der Waals surface area contributed by atoms with Gasteiger partial charge < -0.3 is 10.4 Å². The second-order valence-electron chi connectivity index (χ2n) is 8.52. The molecule has 0 bridgehead atoms. The molecule has 196 valence electrons. The number of hydrogen-bond acceptors (Lipinski definition) is 6. The van der Waals surface area contributed by atoms with Crippen LogP contribution in [0.25, 0.3) is 16.9 Å². The van der Waals surface area contributed by atoms with E-state index in [1.165, 1.54) is 26.0 Å². The Kier molecular flexibility index (Phi) is 6.71. The lowest BCUT2D eigenvalue weighted by Gasteiger charge is -2.21. The normalized spacial score (nSPS) is 18.9. The Morgan fingerprint density at radius 2 is 1.97 bits per heavy atom. The van der Waals surface area contributed by atoms with Crippen LogP contribution in [0.15, 0.2) is 35.4 Å². The number of hydrogen-bond donors (Lipinski definition) is 2. The summed E-state index contributed by atoms with van der Waals surface area (Å²) in [7, 11) is 0. The Hall–Kier alpha value is -3.94. The van der Waals surface area contributed by atoms with Crippen molar-refractivity contribution >= 4 is 28.7 Å². The highest BCUT2D eigenvalue weighted by Crippen LogP contribution is 2.27. The molecule has 0 aromatic carbocycles. The minimum Gasteiger partial charge on any atom is -0.390 e. The van der Waals surface area contributed by atoms with Crippen LogP contribution in [-0.2, 0) is 4.79 Å². The van der Waals surface area contributed by atoms with Crippen molar-refractivity contribution in [3.63, 3.8) is 0 Å². The molecule has 37 heavy (non-hydrogen) atoms. The summed E-state index contributed by atoms with van der Waals surface area (Å²) < 4.78 is 68.7. The third-order valence-corrected chi connectivity index (χ3v) is 6.08. The minimum atomic E-state index is -4.79. The summed E-state index contributed by atoms with van der Waals surface area (Å²) in [6, 6.07) is 0.643. The Bertz CT molecular complexity index is 1460. The molecule has 3 aromatic rings. The predicted octanol–water partition coefficient (Wildman–Crippen LogP) is 2.47. The summed E-state index contributed by atoms with van der Waals surface area (Å²) in [5.74, 6) is -5.43. The van der Waals surface area contributed by atoms with Crippen LogP contribution >= 0.6 is 0 Å². The smallest absolute Gasteiger partial charge is 0.390 e. The molecule has 0 aliphatic carbocycles. The van der Waals surface area contributed by atoms with Gasteiger partial charge in [0.05, 0.1) is 30.1 Å². The largest absolute Gasteiger partial charge is 0.408 e. The number of β-amino-alcohol motifs (C(OH)–C–C–N with tert-alkyl or cyclic N) is 1. The molecule has 2 amide bonds. The molecule has 4 heterocycles. The van der Waals surface area contributed by atoms with Crippen LogP contribution in [0.1, 0.15) is 30.6 Å². The summed E-state index contributed by atoms with van der Waals surface area (Å²) in [6.07, 6.45) is -4.87. The molecule has 1 aliphatic rings. The van der Waals surface area contributed by atoms with Crippen molar-refractivity contribution in [3.05, 3.63) is 58.0 Å². The van der Waals surface area contributed by atoms with E-state index in [2.05, 4.69) is 9.97 Å². The number of carbonyl (C=O) groups is 2. The molecule has 0 radical (unpaired) electrons. The molecule has 4 rings (SSSR count). The van der Waals surface area contributed by atoms with E-state index in [9.17, 15) is 41.4 Å². The lowest BCUT2D eigenvalue weighted by atomic mass is 10.1. The zero-order valence-corrected chi connectivity index (χ0v) is 19.4. The van der Waals surface area contributed by atoms with Crippen molar-refractivity contribution in [2.45, 2.75) is 38.6 Å². The maximum absolute atomic E-state index is 14.7. The zero-order valence-electron chi connectivity index (χ0n) is 19.4. The number of aromatic nitrogens is 3. The van der Waals surface area contributed by atoms with E-state index in [4.69, 9.17) is 0 Å². The number of amides is 2. The standard InChI is InChI=1S/C23H20F5N5O4/c1-3-16(23(26,27)28)30-21(36)13-8-33(20-14(25)6-11(24)7-29-20)19-12(18(13)35)4-5-17(31-19)32-9-15(34)10(2)22(32)37/h4-8,10,15-16,34H,3,9H2,1-2H3,(H,30,36)/t10?,15?,16-/m0/s1. The van der Waals surface area contributed by atoms with Gasteiger partial charge in [0, 0.05) is 12.3 Å². The monoisotopic (exact) mass is 525 g/mol. The number of rotatable bonds is 5. The van der Waals surface area contributed by atoms with Gasteiger partial charge in [-0.3, -0.25) is 23.9 Å². The van der Waals surface area contributed by atoms with E-state index < -0.39 is 70.9 Å². The third kappa shape index (κ3) is 4.75. The summed E-state index contributed by atoms with van der Waals surface area (Å²) in [5, 5.41) is 11.5. The molecule has 9 nitrogen and oxygen atoms in total. The number of anilines is 1. The first-order valence-electron chi connectivity index (χ1n) is 11.1. The lowest BCUT2D eigenvalue weighted by Crippen LogP contribution is -2.46. The molecule has 3 atom stereocenters. The molecular weight excluding hydrogens is 505 g/mol. The van der Waals surface area contributed by atoms with Crippen molar-refractivity contribution in [2.24, 2.45) is 5.92 Å². The quantitative estimate of drug-likeness (QED) is 0.495. The lowest BCUT2D eigenvalue weighted by molar-refractivity contribution is -0.153. The van der Waals surface area contributed by atoms with E-state index in [0.29, 0.717) is 12.3 Å². The topological polar surface area (TPSA) is 117 Å². The Morgan fingerprint density at radius 3 is 2.54 bits per heavy atom. The van der Waals surface area contributed by atoms with Gasteiger partial charge in [-0.1, -0.05) is 13.8 Å². The highest BCUT2D eigenvalue weighted by molar-refractivity contribution is 5.99. The molecule has 0 saturated carbocycles. The molecule has 14 heteroatoms. The van der Waals surface area contributed by atoms with E-state index in [1.54, 1.807) is 5.32 Å². The Balaban J connectivity index is 1.92. The van der Waals surface area contributed by atoms with Crippen molar-refractivity contribution in [1.82, 2.24) is 19.9 Å². The average Bonchev–Trinajstić information content (AvgIpc) is 3.09. The predicted molar refractivity (Wildman–Crippen MR) is 120 cm³/mol. The second kappa shape index (κ2) is 9.50. The summed E-state index contributed by atoms with van der Waals surface area (Å²) >= 11 is 0. The maximum Gasteiger partial charge on any atom is 0.408 e. The fourth-order valence-corrected chi connectivity index (χ4v) is 3.95. The van der Waals surface area contributed by atoms with Crippen molar-refractivity contribution < 1.29 is 36.6 Å². The van der Waals surface area contributed by atoms with Gasteiger partial charge in [-0.15, -0.1) is 0 Å². The van der Waals surface area contributed by atoms with E-state index >= 15 is 0 Å². The molecular formula is C23H20F5N5O4. The van der Waals surface area contributed by atoms with E-state index in [0.717, 1.165) is 15.7 Å². The van der Waals surface area contributed by atoms with Gasteiger partial charge in [0.1, 0.15) is 23.2 Å². The van der Waals surface area contributed by atoms with Crippen LogP contribution in [0.5, 0.6) is 0 Å². The van der Waals surface area contributed by atoms with Crippen molar-refractivity contribution in [2.75, 3.05) is 11.4 Å². The molecule has 1 aliphatic heterocycles. The number of pyridine rings is 3. The Labute approximate surface area is 205 Å². The number of alkyl halides is 3. The van der Waals surface area contributed by atoms with Crippen molar-refractivity contribution in [1.29, 1.82) is 0 Å². The van der Waals surface area contributed by atoms with Gasteiger partial charge in [0.15, 0.2) is 17.3 Å². The van der Waals surface area contributed by atoms with Gasteiger partial charge >= 0.3 is 6.18 Å². The van der Waals surface area contributed by atoms with Crippen LogP contribution in [0.2, 0.25) is 0 Å². The van der Waals surface area contributed by atoms with Gasteiger partial charge in [-0.2, -0.15) is 13.2 Å². The first-order valence-corrected chi connectivity index (χ1v) is 11.1. The molecule has 1 saturated heterocycles. The van der Waals surface area contributed by atoms with Crippen LogP contribution in [0.3, 0.4) is 0 Å². The number of aliphatic hydroxyl groups excluding tert-OH is 1. The SMILES string of the molecule is CC[C@H](NC(=O)c1cn(-c2ncc(F)cc2F)c2nc(N3CC(O)C(C)C3=O)ccc2c1=O)C(F)(F)F. The van der Waals surface area contributed by atoms with Crippen LogP contribution < -0.4 is 15.6 Å². The van der Waals surface area contributed by atoms with Crippen molar-refractivity contribution in [3.8, 4) is 5.82 Å². The molecule has 0 spiro atoms. The first kappa shape index (κ1) is 26.1. The van der Waals surface area contributed by atoms with Crippen LogP contribution in [0, 0.1) is 17.6 Å². The van der Waals surface area contributed by atoms with Gasteiger partial charge in [0.25, 0.3) is 5.91 Å². The Morgan fingerprint density at radius 1 is 1.27 bits per heavy atom. The van der Waals surface area contributed by atoms with Gasteiger partial charge in [-0.05, 0) is 18.6 Å². The highest BCUT2D eigenvalue weighted by atomic mass is 19.4. The molecule has 2 unspecified atom stereocenters. The van der Waals surface area contributed by atoms with Crippen LogP contribution in [-0.4, -0.2) is 56.3 Å². The third-order valence-electron chi connectivity index (χ3n) is 6.08.